The minimum Gasteiger partial charge on any atom is -0.481 e. The second-order valence-electron chi connectivity index (χ2n) is 5.14. The topological polar surface area (TPSA) is 37.3 Å². The van der Waals surface area contributed by atoms with Crippen LogP contribution in [-0.2, 0) is 10.2 Å². The average molecular weight is 331 g/mol. The van der Waals surface area contributed by atoms with E-state index in [4.69, 9.17) is 11.6 Å². The van der Waals surface area contributed by atoms with Crippen molar-refractivity contribution in [3.8, 4) is 0 Å². The fourth-order valence-corrected chi connectivity index (χ4v) is 5.04. The highest BCUT2D eigenvalue weighted by Crippen LogP contribution is 2.44. The average Bonchev–Trinajstić information content (AvgIpc) is 2.46. The molecule has 1 saturated carbocycles. The van der Waals surface area contributed by atoms with Gasteiger partial charge in [-0.2, -0.15) is 0 Å². The molecule has 0 amide bonds. The molecule has 1 aliphatic carbocycles. The number of thioether (sulfide) groups is 2. The molecule has 1 aromatic carbocycles. The Morgan fingerprint density at radius 3 is 2.35 bits per heavy atom. The molecule has 1 N–H and O–H groups in total. The third kappa shape index (κ3) is 2.83. The molecule has 20 heavy (non-hydrogen) atoms. The highest BCUT2D eigenvalue weighted by molar-refractivity contribution is 8.01. The van der Waals surface area contributed by atoms with Crippen LogP contribution in [0.1, 0.15) is 37.7 Å². The number of rotatable bonds is 4. The summed E-state index contributed by atoms with van der Waals surface area (Å²) < 4.78 is 0. The van der Waals surface area contributed by atoms with Crippen molar-refractivity contribution in [2.75, 3.05) is 12.5 Å². The third-order valence-electron chi connectivity index (χ3n) is 4.10. The molecular weight excluding hydrogens is 312 g/mol. The zero-order valence-corrected chi connectivity index (χ0v) is 14.1. The van der Waals surface area contributed by atoms with Crippen LogP contribution in [-0.4, -0.2) is 23.6 Å². The molecule has 0 saturated heterocycles. The van der Waals surface area contributed by atoms with Crippen molar-refractivity contribution < 1.29 is 9.90 Å². The molecule has 1 fully saturated rings. The molecule has 2 nitrogen and oxygen atoms in total. The predicted molar refractivity (Wildman–Crippen MR) is 87.4 cm³/mol. The molecule has 2 rings (SSSR count). The lowest BCUT2D eigenvalue weighted by atomic mass is 9.69. The van der Waals surface area contributed by atoms with Crippen molar-refractivity contribution in [1.29, 1.82) is 0 Å². The van der Waals surface area contributed by atoms with Crippen LogP contribution >= 0.6 is 35.1 Å². The molecule has 0 unspecified atom stereocenters. The fraction of sp³-hybridized carbons (Fsp3) is 0.533. The summed E-state index contributed by atoms with van der Waals surface area (Å²) in [5.41, 5.74) is 0.125. The molecule has 0 aromatic heterocycles. The predicted octanol–water partition coefficient (Wildman–Crippen LogP) is 5.07. The van der Waals surface area contributed by atoms with E-state index in [0.717, 1.165) is 34.6 Å². The van der Waals surface area contributed by atoms with E-state index in [9.17, 15) is 9.90 Å². The summed E-state index contributed by atoms with van der Waals surface area (Å²) >= 11 is 9.61. The highest BCUT2D eigenvalue weighted by atomic mass is 35.5. The number of carbonyl (C=O) groups is 1. The number of carboxylic acid groups (broad SMARTS) is 1. The zero-order valence-electron chi connectivity index (χ0n) is 11.7. The monoisotopic (exact) mass is 330 g/mol. The zero-order chi connectivity index (χ0) is 14.8. The second-order valence-corrected chi connectivity index (χ2v) is 7.21. The Balaban J connectivity index is 2.54. The normalized spacial score (nSPS) is 17.9. The van der Waals surface area contributed by atoms with Gasteiger partial charge in [-0.15, -0.1) is 23.5 Å². The Labute approximate surface area is 133 Å². The number of hydrogen-bond donors (Lipinski definition) is 1. The SMILES string of the molecule is CSc1cc(C2(C(=O)O)CCCCC2)cc(Cl)c1SC. The van der Waals surface area contributed by atoms with Gasteiger partial charge in [0.15, 0.2) is 0 Å². The number of benzene rings is 1. The Morgan fingerprint density at radius 2 is 1.85 bits per heavy atom. The molecule has 110 valence electrons. The van der Waals surface area contributed by atoms with E-state index in [1.165, 1.54) is 0 Å². The summed E-state index contributed by atoms with van der Waals surface area (Å²) in [6, 6.07) is 3.90. The Morgan fingerprint density at radius 1 is 1.20 bits per heavy atom. The maximum atomic E-state index is 11.9. The van der Waals surface area contributed by atoms with Crippen molar-refractivity contribution in [2.45, 2.75) is 47.3 Å². The van der Waals surface area contributed by atoms with Crippen LogP contribution in [0.3, 0.4) is 0 Å². The lowest BCUT2D eigenvalue weighted by Gasteiger charge is -2.34. The van der Waals surface area contributed by atoms with E-state index in [1.807, 2.05) is 24.6 Å². The molecule has 0 aliphatic heterocycles. The van der Waals surface area contributed by atoms with Gasteiger partial charge < -0.3 is 5.11 Å². The molecule has 0 spiro atoms. The van der Waals surface area contributed by atoms with Gasteiger partial charge in [-0.1, -0.05) is 30.9 Å². The Kier molecular flexibility index (Phi) is 5.32. The van der Waals surface area contributed by atoms with Crippen LogP contribution in [0.2, 0.25) is 5.02 Å². The van der Waals surface area contributed by atoms with Crippen LogP contribution in [0.15, 0.2) is 21.9 Å². The van der Waals surface area contributed by atoms with Gasteiger partial charge in [0.1, 0.15) is 0 Å². The van der Waals surface area contributed by atoms with Gasteiger partial charge in [-0.25, -0.2) is 0 Å². The summed E-state index contributed by atoms with van der Waals surface area (Å²) in [6.45, 7) is 0. The summed E-state index contributed by atoms with van der Waals surface area (Å²) in [6.07, 6.45) is 8.50. The summed E-state index contributed by atoms with van der Waals surface area (Å²) in [4.78, 5) is 14.0. The molecule has 0 heterocycles. The van der Waals surface area contributed by atoms with Crippen LogP contribution < -0.4 is 0 Å². The maximum Gasteiger partial charge on any atom is 0.314 e. The summed E-state index contributed by atoms with van der Waals surface area (Å²) in [5.74, 6) is -0.711. The number of aliphatic carboxylic acids is 1. The van der Waals surface area contributed by atoms with E-state index in [-0.39, 0.29) is 0 Å². The van der Waals surface area contributed by atoms with Gasteiger partial charge in [0.25, 0.3) is 0 Å². The van der Waals surface area contributed by atoms with E-state index < -0.39 is 11.4 Å². The number of halogens is 1. The first-order valence-electron chi connectivity index (χ1n) is 6.70. The smallest absolute Gasteiger partial charge is 0.314 e. The van der Waals surface area contributed by atoms with Gasteiger partial charge in [-0.05, 0) is 43.0 Å². The number of hydrogen-bond acceptors (Lipinski definition) is 3. The van der Waals surface area contributed by atoms with E-state index in [1.54, 1.807) is 23.5 Å². The van der Waals surface area contributed by atoms with Gasteiger partial charge in [0.2, 0.25) is 0 Å². The van der Waals surface area contributed by atoms with E-state index in [2.05, 4.69) is 0 Å². The van der Waals surface area contributed by atoms with E-state index in [0.29, 0.717) is 17.9 Å². The van der Waals surface area contributed by atoms with Gasteiger partial charge in [-0.3, -0.25) is 4.79 Å². The first-order valence-corrected chi connectivity index (χ1v) is 9.53. The molecule has 1 aromatic rings. The van der Waals surface area contributed by atoms with Crippen molar-refractivity contribution in [3.05, 3.63) is 22.7 Å². The van der Waals surface area contributed by atoms with Gasteiger partial charge in [0, 0.05) is 9.79 Å². The molecule has 0 bridgehead atoms. The van der Waals surface area contributed by atoms with Gasteiger partial charge >= 0.3 is 5.97 Å². The van der Waals surface area contributed by atoms with Crippen LogP contribution in [0.25, 0.3) is 0 Å². The Bertz CT molecular complexity index is 511. The summed E-state index contributed by atoms with van der Waals surface area (Å²) in [5, 5.41) is 10.4. The first-order chi connectivity index (χ1) is 9.55. The standard InChI is InChI=1S/C15H19ClO2S2/c1-19-12-9-10(8-11(16)13(12)20-2)15(14(17)18)6-4-3-5-7-15/h8-9H,3-7H2,1-2H3,(H,17,18). The van der Waals surface area contributed by atoms with Crippen LogP contribution in [0, 0.1) is 0 Å². The molecule has 0 atom stereocenters. The summed E-state index contributed by atoms with van der Waals surface area (Å²) in [7, 11) is 0. The fourth-order valence-electron chi connectivity index (χ4n) is 2.98. The largest absolute Gasteiger partial charge is 0.481 e. The molecular formula is C15H19ClO2S2. The lowest BCUT2D eigenvalue weighted by Crippen LogP contribution is -2.37. The second kappa shape index (κ2) is 6.63. The maximum absolute atomic E-state index is 11.9. The minimum atomic E-state index is -0.747. The molecule has 1 aliphatic rings. The van der Waals surface area contributed by atoms with Crippen molar-refractivity contribution in [1.82, 2.24) is 0 Å². The molecule has 0 radical (unpaired) electrons. The van der Waals surface area contributed by atoms with Crippen molar-refractivity contribution in [3.63, 3.8) is 0 Å². The van der Waals surface area contributed by atoms with E-state index >= 15 is 0 Å². The van der Waals surface area contributed by atoms with Crippen molar-refractivity contribution in [2.24, 2.45) is 0 Å². The lowest BCUT2D eigenvalue weighted by molar-refractivity contribution is -0.145. The highest BCUT2D eigenvalue weighted by Gasteiger charge is 2.41. The third-order valence-corrected chi connectivity index (χ3v) is 6.25. The molecule has 5 heteroatoms. The quantitative estimate of drug-likeness (QED) is 0.782. The van der Waals surface area contributed by atoms with Gasteiger partial charge in [0.05, 0.1) is 10.4 Å². The van der Waals surface area contributed by atoms with Crippen LogP contribution in [0.5, 0.6) is 0 Å². The van der Waals surface area contributed by atoms with Crippen molar-refractivity contribution >= 4 is 41.1 Å². The number of carboxylic acids is 1. The minimum absolute atomic E-state index is 0.672. The first kappa shape index (κ1) is 16.1. The van der Waals surface area contributed by atoms with Crippen LogP contribution in [0.4, 0.5) is 0 Å². The Hall–Kier alpha value is -0.320.